The van der Waals surface area contributed by atoms with Crippen molar-refractivity contribution in [2.24, 2.45) is 0 Å². The summed E-state index contributed by atoms with van der Waals surface area (Å²) in [7, 11) is 7.67. The lowest BCUT2D eigenvalue weighted by molar-refractivity contribution is 0.0563. The number of esters is 1. The number of ether oxygens (including phenoxy) is 5. The Morgan fingerprint density at radius 1 is 0.771 bits per heavy atom. The first kappa shape index (κ1) is 23.7. The van der Waals surface area contributed by atoms with Crippen molar-refractivity contribution in [3.8, 4) is 45.5 Å². The van der Waals surface area contributed by atoms with Gasteiger partial charge in [0, 0.05) is 11.1 Å². The van der Waals surface area contributed by atoms with E-state index in [9.17, 15) is 4.79 Å². The van der Waals surface area contributed by atoms with Crippen molar-refractivity contribution < 1.29 is 32.9 Å². The smallest absolute Gasteiger partial charge is 0.373 e. The minimum absolute atomic E-state index is 0.127. The zero-order valence-electron chi connectivity index (χ0n) is 20.2. The van der Waals surface area contributed by atoms with Gasteiger partial charge in [0.15, 0.2) is 23.0 Å². The van der Waals surface area contributed by atoms with Gasteiger partial charge in [-0.05, 0) is 54.6 Å². The van der Waals surface area contributed by atoms with Crippen molar-refractivity contribution in [3.63, 3.8) is 0 Å². The van der Waals surface area contributed by atoms with Crippen LogP contribution in [0, 0.1) is 0 Å². The summed E-state index contributed by atoms with van der Waals surface area (Å²) >= 11 is 0. The fourth-order valence-electron chi connectivity index (χ4n) is 3.72. The molecule has 9 heteroatoms. The van der Waals surface area contributed by atoms with Crippen LogP contribution in [0.1, 0.15) is 16.3 Å². The van der Waals surface area contributed by atoms with Crippen LogP contribution in [0.4, 0.5) is 0 Å². The molecule has 0 amide bonds. The topological polar surface area (TPSA) is 94.2 Å². The number of rotatable bonds is 9. The second-order valence-electron chi connectivity index (χ2n) is 7.47. The molecule has 182 valence electrons. The van der Waals surface area contributed by atoms with Crippen molar-refractivity contribution in [2.45, 2.75) is 6.54 Å². The summed E-state index contributed by atoms with van der Waals surface area (Å²) in [5.74, 6) is 2.58. The highest BCUT2D eigenvalue weighted by atomic mass is 16.5. The molecule has 0 aliphatic carbocycles. The van der Waals surface area contributed by atoms with E-state index in [1.165, 1.54) is 7.11 Å². The summed E-state index contributed by atoms with van der Waals surface area (Å²) in [6.45, 7) is 0.286. The van der Waals surface area contributed by atoms with Crippen LogP contribution in [0.2, 0.25) is 0 Å². The maximum absolute atomic E-state index is 11.8. The van der Waals surface area contributed by atoms with Crippen molar-refractivity contribution >= 4 is 5.97 Å². The molecule has 2 aromatic carbocycles. The Hall–Kier alpha value is -4.40. The van der Waals surface area contributed by atoms with Gasteiger partial charge in [-0.15, -0.1) is 0 Å². The summed E-state index contributed by atoms with van der Waals surface area (Å²) in [5, 5.41) is 4.83. The van der Waals surface area contributed by atoms with Crippen LogP contribution in [-0.2, 0) is 11.3 Å². The third kappa shape index (κ3) is 4.79. The van der Waals surface area contributed by atoms with Crippen LogP contribution in [0.3, 0.4) is 0 Å². The van der Waals surface area contributed by atoms with E-state index in [0.29, 0.717) is 28.8 Å². The van der Waals surface area contributed by atoms with Gasteiger partial charge in [-0.3, -0.25) is 4.68 Å². The number of benzene rings is 2. The minimum Gasteiger partial charge on any atom is -0.493 e. The van der Waals surface area contributed by atoms with E-state index in [2.05, 4.69) is 0 Å². The largest absolute Gasteiger partial charge is 0.493 e. The Balaban J connectivity index is 1.80. The maximum Gasteiger partial charge on any atom is 0.373 e. The normalized spacial score (nSPS) is 10.7. The zero-order valence-corrected chi connectivity index (χ0v) is 20.2. The highest BCUT2D eigenvalue weighted by Gasteiger charge is 2.18. The maximum atomic E-state index is 11.8. The molecule has 0 radical (unpaired) electrons. The Morgan fingerprint density at radius 2 is 1.37 bits per heavy atom. The lowest BCUT2D eigenvalue weighted by Gasteiger charge is -2.11. The molecule has 0 fully saturated rings. The van der Waals surface area contributed by atoms with Gasteiger partial charge in [0.2, 0.25) is 5.76 Å². The molecular formula is C26H26N2O7. The number of hydrogen-bond donors (Lipinski definition) is 0. The minimum atomic E-state index is -0.539. The Bertz CT molecular complexity index is 1340. The van der Waals surface area contributed by atoms with Gasteiger partial charge in [-0.2, -0.15) is 5.10 Å². The molecule has 0 aliphatic rings. The number of aromatic nitrogens is 2. The molecule has 0 saturated heterocycles. The molecule has 0 saturated carbocycles. The molecule has 0 atom stereocenters. The van der Waals surface area contributed by atoms with Gasteiger partial charge >= 0.3 is 5.97 Å². The second-order valence-corrected chi connectivity index (χ2v) is 7.47. The van der Waals surface area contributed by atoms with Crippen LogP contribution in [-0.4, -0.2) is 51.3 Å². The fourth-order valence-corrected chi connectivity index (χ4v) is 3.72. The van der Waals surface area contributed by atoms with Crippen LogP contribution in [0.25, 0.3) is 22.5 Å². The Labute approximate surface area is 202 Å². The molecular weight excluding hydrogens is 452 g/mol. The summed E-state index contributed by atoms with van der Waals surface area (Å²) in [6, 6.07) is 16.5. The van der Waals surface area contributed by atoms with Crippen molar-refractivity contribution in [3.05, 3.63) is 66.1 Å². The lowest BCUT2D eigenvalue weighted by Crippen LogP contribution is -2.04. The fraction of sp³-hybridized carbons (Fsp3) is 0.231. The molecule has 2 aromatic heterocycles. The molecule has 0 unspecified atom stereocenters. The monoisotopic (exact) mass is 478 g/mol. The van der Waals surface area contributed by atoms with Crippen LogP contribution in [0.15, 0.2) is 59.0 Å². The highest BCUT2D eigenvalue weighted by Crippen LogP contribution is 2.36. The number of nitrogens with zero attached hydrogens (tertiary/aromatic N) is 2. The highest BCUT2D eigenvalue weighted by molar-refractivity contribution is 5.86. The van der Waals surface area contributed by atoms with Gasteiger partial charge in [0.25, 0.3) is 0 Å². The molecule has 0 aliphatic heterocycles. The predicted octanol–water partition coefficient (Wildman–Crippen LogP) is 4.68. The number of carbonyl (C=O) groups is 1. The molecule has 2 heterocycles. The Morgan fingerprint density at radius 3 is 1.97 bits per heavy atom. The number of methoxy groups -OCH3 is 5. The third-order valence-electron chi connectivity index (χ3n) is 5.49. The molecule has 0 N–H and O–H groups in total. The SMILES string of the molecule is COC(=O)c1ccc(Cn2nc(-c3ccc(OC)c(OC)c3)cc2-c2ccc(OC)c(OC)c2)o1. The van der Waals surface area contributed by atoms with Crippen molar-refractivity contribution in [1.29, 1.82) is 0 Å². The van der Waals surface area contributed by atoms with E-state index in [1.54, 1.807) is 45.3 Å². The third-order valence-corrected chi connectivity index (χ3v) is 5.49. The first-order chi connectivity index (χ1) is 17.0. The van der Waals surface area contributed by atoms with Crippen LogP contribution in [0.5, 0.6) is 23.0 Å². The summed E-state index contributed by atoms with van der Waals surface area (Å²) in [4.78, 5) is 11.8. The summed E-state index contributed by atoms with van der Waals surface area (Å²) in [5.41, 5.74) is 3.24. The molecule has 0 spiro atoms. The van der Waals surface area contributed by atoms with Crippen molar-refractivity contribution in [2.75, 3.05) is 35.5 Å². The van der Waals surface area contributed by atoms with E-state index in [0.717, 1.165) is 22.5 Å². The van der Waals surface area contributed by atoms with Crippen LogP contribution >= 0.6 is 0 Å². The number of carbonyl (C=O) groups excluding carboxylic acids is 1. The van der Waals surface area contributed by atoms with Gasteiger partial charge < -0.3 is 28.1 Å². The van der Waals surface area contributed by atoms with Gasteiger partial charge in [-0.25, -0.2) is 4.79 Å². The van der Waals surface area contributed by atoms with Gasteiger partial charge in [0.05, 0.1) is 53.5 Å². The molecule has 35 heavy (non-hydrogen) atoms. The first-order valence-corrected chi connectivity index (χ1v) is 10.7. The molecule has 0 bridgehead atoms. The molecule has 9 nitrogen and oxygen atoms in total. The van der Waals surface area contributed by atoms with E-state index < -0.39 is 5.97 Å². The van der Waals surface area contributed by atoms with E-state index >= 15 is 0 Å². The van der Waals surface area contributed by atoms with Crippen molar-refractivity contribution in [1.82, 2.24) is 9.78 Å². The zero-order chi connectivity index (χ0) is 24.9. The predicted molar refractivity (Wildman–Crippen MR) is 128 cm³/mol. The average Bonchev–Trinajstić information content (AvgIpc) is 3.55. The quantitative estimate of drug-likeness (QED) is 0.320. The van der Waals surface area contributed by atoms with Gasteiger partial charge in [-0.1, -0.05) is 0 Å². The second kappa shape index (κ2) is 10.3. The van der Waals surface area contributed by atoms with E-state index in [1.807, 2.05) is 42.5 Å². The Kier molecular flexibility index (Phi) is 6.96. The van der Waals surface area contributed by atoms with Crippen LogP contribution < -0.4 is 18.9 Å². The average molecular weight is 479 g/mol. The summed E-state index contributed by atoms with van der Waals surface area (Å²) in [6.07, 6.45) is 0. The lowest BCUT2D eigenvalue weighted by atomic mass is 10.1. The number of furan rings is 1. The number of hydrogen-bond acceptors (Lipinski definition) is 8. The first-order valence-electron chi connectivity index (χ1n) is 10.7. The summed E-state index contributed by atoms with van der Waals surface area (Å²) < 4.78 is 33.9. The van der Waals surface area contributed by atoms with E-state index in [4.69, 9.17) is 33.2 Å². The van der Waals surface area contributed by atoms with Gasteiger partial charge in [0.1, 0.15) is 5.76 Å². The molecule has 4 aromatic rings. The molecule has 4 rings (SSSR count). The van der Waals surface area contributed by atoms with E-state index in [-0.39, 0.29) is 12.3 Å². The standard InChI is InChI=1S/C26H26N2O7/c1-30-21-9-6-16(12-24(21)32-3)19-14-20(17-7-10-22(31-2)25(13-17)33-4)28(27-19)15-18-8-11-23(35-18)26(29)34-5/h6-14H,15H2,1-5H3.